The van der Waals surface area contributed by atoms with E-state index >= 15 is 0 Å². The van der Waals surface area contributed by atoms with Crippen LogP contribution in [0.25, 0.3) is 11.3 Å². The van der Waals surface area contributed by atoms with Crippen molar-refractivity contribution in [1.29, 1.82) is 0 Å². The highest BCUT2D eigenvalue weighted by Gasteiger charge is 2.42. The summed E-state index contributed by atoms with van der Waals surface area (Å²) in [5.41, 5.74) is 3.65. The molecule has 3 saturated heterocycles. The van der Waals surface area contributed by atoms with E-state index in [2.05, 4.69) is 21.4 Å². The number of nitrogens with zero attached hydrogens (tertiary/aromatic N) is 3. The molecule has 1 N–H and O–H groups in total. The molecule has 3 aromatic rings. The van der Waals surface area contributed by atoms with Gasteiger partial charge in [0.05, 0.1) is 12.8 Å². The summed E-state index contributed by atoms with van der Waals surface area (Å²) in [6.45, 7) is 2.30. The molecule has 0 spiro atoms. The van der Waals surface area contributed by atoms with Crippen molar-refractivity contribution < 1.29 is 18.7 Å². The summed E-state index contributed by atoms with van der Waals surface area (Å²) in [6.07, 6.45) is 1.66. The predicted molar refractivity (Wildman–Crippen MR) is 127 cm³/mol. The van der Waals surface area contributed by atoms with Crippen LogP contribution in [0.15, 0.2) is 54.6 Å². The standard InChI is InChI=1S/C26H29FN4O3/c1-30-25(14-24(29-30)17-3-5-19(27)6-4-17)23-15-31-12-11-18(23)13-21(31)16-34-26(32)28-20-7-9-22(33-2)10-8-20/h3-10,14,18,21,23H,11-13,15-16H2,1-2H3,(H,28,32). The Hall–Kier alpha value is -3.39. The molecule has 3 aliphatic rings. The minimum absolute atomic E-state index is 0.224. The Kier molecular flexibility index (Phi) is 6.24. The molecule has 178 valence electrons. The third kappa shape index (κ3) is 4.63. The number of piperidine rings is 3. The van der Waals surface area contributed by atoms with E-state index in [-0.39, 0.29) is 11.9 Å². The molecule has 0 aliphatic carbocycles. The van der Waals surface area contributed by atoms with Gasteiger partial charge in [-0.25, -0.2) is 9.18 Å². The van der Waals surface area contributed by atoms with Gasteiger partial charge in [0, 0.05) is 42.5 Å². The first-order chi connectivity index (χ1) is 16.5. The SMILES string of the molecule is COc1ccc(NC(=O)OCC2CC3CCN2CC3c2cc(-c3ccc(F)cc3)nn2C)cc1. The van der Waals surface area contributed by atoms with Gasteiger partial charge in [0.25, 0.3) is 0 Å². The summed E-state index contributed by atoms with van der Waals surface area (Å²) in [4.78, 5) is 14.7. The van der Waals surface area contributed by atoms with Gasteiger partial charge in [-0.1, -0.05) is 0 Å². The highest BCUT2D eigenvalue weighted by Crippen LogP contribution is 2.42. The number of carbonyl (C=O) groups is 1. The zero-order chi connectivity index (χ0) is 23.7. The summed E-state index contributed by atoms with van der Waals surface area (Å²) in [7, 11) is 3.58. The first-order valence-electron chi connectivity index (χ1n) is 11.6. The molecule has 0 saturated carbocycles. The van der Waals surface area contributed by atoms with Crippen LogP contribution in [0, 0.1) is 11.7 Å². The molecular weight excluding hydrogens is 435 g/mol. The van der Waals surface area contributed by atoms with E-state index in [0.29, 0.717) is 24.1 Å². The van der Waals surface area contributed by atoms with Gasteiger partial charge in [-0.05, 0) is 79.9 Å². The van der Waals surface area contributed by atoms with Crippen LogP contribution in [0.3, 0.4) is 0 Å². The average molecular weight is 465 g/mol. The van der Waals surface area contributed by atoms with Crippen LogP contribution in [0.5, 0.6) is 5.75 Å². The van der Waals surface area contributed by atoms with Crippen molar-refractivity contribution in [1.82, 2.24) is 14.7 Å². The number of amides is 1. The Morgan fingerprint density at radius 3 is 2.62 bits per heavy atom. The predicted octanol–water partition coefficient (Wildman–Crippen LogP) is 4.66. The van der Waals surface area contributed by atoms with Crippen LogP contribution in [0.2, 0.25) is 0 Å². The van der Waals surface area contributed by atoms with Crippen LogP contribution < -0.4 is 10.1 Å². The van der Waals surface area contributed by atoms with Gasteiger partial charge < -0.3 is 9.47 Å². The van der Waals surface area contributed by atoms with Crippen LogP contribution in [-0.2, 0) is 11.8 Å². The summed E-state index contributed by atoms with van der Waals surface area (Å²) >= 11 is 0. The second-order valence-corrected chi connectivity index (χ2v) is 9.08. The van der Waals surface area contributed by atoms with Gasteiger partial charge >= 0.3 is 6.09 Å². The topological polar surface area (TPSA) is 68.6 Å². The second kappa shape index (κ2) is 9.46. The largest absolute Gasteiger partial charge is 0.497 e. The zero-order valence-corrected chi connectivity index (χ0v) is 19.4. The lowest BCUT2D eigenvalue weighted by Crippen LogP contribution is -2.54. The molecular formula is C26H29FN4O3. The fraction of sp³-hybridized carbons (Fsp3) is 0.385. The fourth-order valence-electron chi connectivity index (χ4n) is 5.24. The molecule has 8 heteroatoms. The van der Waals surface area contributed by atoms with Crippen molar-refractivity contribution in [3.8, 4) is 17.0 Å². The van der Waals surface area contributed by atoms with Crippen molar-refractivity contribution in [2.45, 2.75) is 24.8 Å². The normalized spacial score (nSPS) is 23.5. The van der Waals surface area contributed by atoms with Gasteiger partial charge in [-0.2, -0.15) is 5.10 Å². The number of aryl methyl sites for hydroxylation is 1. The van der Waals surface area contributed by atoms with E-state index in [0.717, 1.165) is 42.9 Å². The highest BCUT2D eigenvalue weighted by molar-refractivity contribution is 5.84. The summed E-state index contributed by atoms with van der Waals surface area (Å²) < 4.78 is 25.9. The number of rotatable bonds is 6. The van der Waals surface area contributed by atoms with E-state index in [9.17, 15) is 9.18 Å². The maximum Gasteiger partial charge on any atom is 0.411 e. The number of halogens is 1. The quantitative estimate of drug-likeness (QED) is 0.575. The molecule has 0 radical (unpaired) electrons. The Labute approximate surface area is 198 Å². The third-order valence-corrected chi connectivity index (χ3v) is 7.06. The summed E-state index contributed by atoms with van der Waals surface area (Å²) in [6, 6.07) is 16.0. The molecule has 2 aromatic carbocycles. The Morgan fingerprint density at radius 1 is 1.18 bits per heavy atom. The van der Waals surface area contributed by atoms with E-state index in [4.69, 9.17) is 9.47 Å². The third-order valence-electron chi connectivity index (χ3n) is 7.06. The van der Waals surface area contributed by atoms with Crippen molar-refractivity contribution in [2.24, 2.45) is 13.0 Å². The number of benzene rings is 2. The number of nitrogens with one attached hydrogen (secondary N) is 1. The summed E-state index contributed by atoms with van der Waals surface area (Å²) in [5.74, 6) is 1.38. The number of fused-ring (bicyclic) bond motifs is 3. The second-order valence-electron chi connectivity index (χ2n) is 9.08. The smallest absolute Gasteiger partial charge is 0.411 e. The van der Waals surface area contributed by atoms with Crippen molar-refractivity contribution in [2.75, 3.05) is 32.1 Å². The van der Waals surface area contributed by atoms with Crippen LogP contribution in [-0.4, -0.2) is 53.6 Å². The lowest BCUT2D eigenvalue weighted by atomic mass is 9.74. The number of anilines is 1. The monoisotopic (exact) mass is 464 g/mol. The van der Waals surface area contributed by atoms with E-state index in [1.54, 1.807) is 43.5 Å². The lowest BCUT2D eigenvalue weighted by molar-refractivity contribution is -0.00222. The van der Waals surface area contributed by atoms with Crippen molar-refractivity contribution in [3.63, 3.8) is 0 Å². The van der Waals surface area contributed by atoms with Crippen molar-refractivity contribution in [3.05, 3.63) is 66.1 Å². The minimum Gasteiger partial charge on any atom is -0.497 e. The molecule has 2 bridgehead atoms. The number of hydrogen-bond acceptors (Lipinski definition) is 5. The minimum atomic E-state index is -0.445. The average Bonchev–Trinajstić information content (AvgIpc) is 3.25. The number of hydrogen-bond donors (Lipinski definition) is 1. The first kappa shape index (κ1) is 22.4. The number of methoxy groups -OCH3 is 1. The van der Waals surface area contributed by atoms with Gasteiger partial charge in [0.2, 0.25) is 0 Å². The van der Waals surface area contributed by atoms with Crippen LogP contribution in [0.4, 0.5) is 14.9 Å². The number of carbonyl (C=O) groups excluding carboxylic acids is 1. The molecule has 1 amide bonds. The molecule has 34 heavy (non-hydrogen) atoms. The van der Waals surface area contributed by atoms with Gasteiger partial charge in [0.15, 0.2) is 0 Å². The first-order valence-corrected chi connectivity index (χ1v) is 11.6. The Bertz CT molecular complexity index is 1150. The Balaban J connectivity index is 1.19. The molecule has 3 fully saturated rings. The molecule has 3 aliphatic heterocycles. The van der Waals surface area contributed by atoms with Gasteiger partial charge in [0.1, 0.15) is 18.2 Å². The maximum absolute atomic E-state index is 13.3. The zero-order valence-electron chi connectivity index (χ0n) is 19.4. The van der Waals surface area contributed by atoms with E-state index in [1.807, 2.05) is 11.7 Å². The molecule has 1 aromatic heterocycles. The highest BCUT2D eigenvalue weighted by atomic mass is 19.1. The van der Waals surface area contributed by atoms with Gasteiger partial charge in [-0.15, -0.1) is 0 Å². The maximum atomic E-state index is 13.3. The number of aromatic nitrogens is 2. The van der Waals surface area contributed by atoms with E-state index < -0.39 is 6.09 Å². The Morgan fingerprint density at radius 2 is 1.94 bits per heavy atom. The lowest BCUT2D eigenvalue weighted by Gasteiger charge is -2.49. The van der Waals surface area contributed by atoms with Gasteiger partial charge in [-0.3, -0.25) is 14.9 Å². The molecule has 6 rings (SSSR count). The summed E-state index contributed by atoms with van der Waals surface area (Å²) in [5, 5.41) is 7.46. The molecule has 4 atom stereocenters. The number of ether oxygens (including phenoxy) is 2. The molecule has 7 nitrogen and oxygen atoms in total. The molecule has 4 unspecified atom stereocenters. The van der Waals surface area contributed by atoms with Crippen LogP contribution in [0.1, 0.15) is 24.5 Å². The molecule has 4 heterocycles. The van der Waals surface area contributed by atoms with Crippen molar-refractivity contribution >= 4 is 11.8 Å². The van der Waals surface area contributed by atoms with E-state index in [1.165, 1.54) is 17.8 Å². The fourth-order valence-corrected chi connectivity index (χ4v) is 5.24. The van der Waals surface area contributed by atoms with Crippen LogP contribution >= 0.6 is 0 Å².